The molecule has 0 heterocycles. The number of rotatable bonds is 33. The highest BCUT2D eigenvalue weighted by Crippen LogP contribution is 2.07. The summed E-state index contributed by atoms with van der Waals surface area (Å²) in [7, 11) is 0. The monoisotopic (exact) mass is 967 g/mol. The Morgan fingerprint density at radius 3 is 0.943 bits per heavy atom. The summed E-state index contributed by atoms with van der Waals surface area (Å²) in [5, 5.41) is 23.3. The van der Waals surface area contributed by atoms with Crippen LogP contribution in [0.3, 0.4) is 0 Å². The summed E-state index contributed by atoms with van der Waals surface area (Å²) in [6, 6.07) is 35.4. The highest BCUT2D eigenvalue weighted by molar-refractivity contribution is 5.86. The van der Waals surface area contributed by atoms with Gasteiger partial charge in [-0.2, -0.15) is 0 Å². The summed E-state index contributed by atoms with van der Waals surface area (Å²) < 4.78 is 21.2. The molecule has 18 heteroatoms. The van der Waals surface area contributed by atoms with Gasteiger partial charge in [0.1, 0.15) is 38.5 Å². The molecular formula is C52H70N8O10. The van der Waals surface area contributed by atoms with Crippen LogP contribution in [-0.4, -0.2) is 101 Å². The van der Waals surface area contributed by atoms with Crippen molar-refractivity contribution < 1.29 is 47.7 Å². The summed E-state index contributed by atoms with van der Waals surface area (Å²) in [5.41, 5.74) is 3.38. The van der Waals surface area contributed by atoms with E-state index in [0.717, 1.165) is 48.2 Å². The van der Waals surface area contributed by atoms with Crippen molar-refractivity contribution in [2.24, 2.45) is 0 Å². The quantitative estimate of drug-likeness (QED) is 0.0204. The smallest absolute Gasteiger partial charge is 0.408 e. The van der Waals surface area contributed by atoms with E-state index in [-0.39, 0.29) is 64.2 Å². The zero-order valence-corrected chi connectivity index (χ0v) is 39.9. The molecule has 4 aromatic carbocycles. The maximum absolute atomic E-state index is 13.1. The maximum Gasteiger partial charge on any atom is 0.408 e. The lowest BCUT2D eigenvalue weighted by Crippen LogP contribution is -2.47. The van der Waals surface area contributed by atoms with Gasteiger partial charge in [-0.05, 0) is 99.8 Å². The average Bonchev–Trinajstić information content (AvgIpc) is 3.39. The molecule has 18 nitrogen and oxygen atoms in total. The van der Waals surface area contributed by atoms with Gasteiger partial charge in [-0.25, -0.2) is 19.2 Å². The van der Waals surface area contributed by atoms with E-state index in [0.29, 0.717) is 51.9 Å². The standard InChI is InChI=1S/C52H70N8O10/c61-47(45(59-51(65)69-39-43-23-9-3-10-24-43)27-15-33-57-49(63)67-37-41-19-5-1-6-20-41)55-35-17-31-53-29-13-14-30-54-32-18-36-56-48(62)46(60-52(66)70-40-44-25-11-4-12-26-44)28-16-34-58-50(64)68-38-42-21-7-2-8-22-42/h1-12,19-26,45-46,53-54H,13-18,27-40H2,(H,55,61)(H,56,62)(H,57,63)(H,58,64)(H,59,65)(H,60,66)/t45-,46-/m1/s1. The van der Waals surface area contributed by atoms with Crippen molar-refractivity contribution in [2.45, 2.75) is 89.9 Å². The zero-order valence-electron chi connectivity index (χ0n) is 39.9. The Bertz CT molecular complexity index is 1940. The predicted octanol–water partition coefficient (Wildman–Crippen LogP) is 5.96. The van der Waals surface area contributed by atoms with Crippen molar-refractivity contribution in [3.05, 3.63) is 144 Å². The number of hydrogen-bond donors (Lipinski definition) is 8. The Morgan fingerprint density at radius 1 is 0.329 bits per heavy atom. The predicted molar refractivity (Wildman–Crippen MR) is 265 cm³/mol. The fourth-order valence-corrected chi connectivity index (χ4v) is 6.74. The largest absolute Gasteiger partial charge is 0.445 e. The van der Waals surface area contributed by atoms with Crippen molar-refractivity contribution in [1.82, 2.24) is 42.5 Å². The number of hydrogen-bond acceptors (Lipinski definition) is 12. The van der Waals surface area contributed by atoms with Crippen LogP contribution in [0, 0.1) is 0 Å². The number of ether oxygens (including phenoxy) is 4. The van der Waals surface area contributed by atoms with Gasteiger partial charge < -0.3 is 61.5 Å². The van der Waals surface area contributed by atoms with Crippen molar-refractivity contribution >= 4 is 36.2 Å². The molecule has 2 atom stereocenters. The number of carbonyl (C=O) groups excluding carboxylic acids is 6. The molecule has 0 radical (unpaired) electrons. The van der Waals surface area contributed by atoms with E-state index < -0.39 is 36.5 Å². The lowest BCUT2D eigenvalue weighted by molar-refractivity contribution is -0.124. The van der Waals surface area contributed by atoms with Gasteiger partial charge >= 0.3 is 24.4 Å². The van der Waals surface area contributed by atoms with Crippen molar-refractivity contribution in [3.8, 4) is 0 Å². The molecule has 0 aliphatic rings. The topological polar surface area (TPSA) is 236 Å². The van der Waals surface area contributed by atoms with Gasteiger partial charge in [0.2, 0.25) is 11.8 Å². The van der Waals surface area contributed by atoms with Crippen molar-refractivity contribution in [3.63, 3.8) is 0 Å². The molecule has 0 saturated carbocycles. The van der Waals surface area contributed by atoms with Crippen LogP contribution in [-0.2, 0) is 55.0 Å². The molecule has 0 aliphatic carbocycles. The van der Waals surface area contributed by atoms with Crippen LogP contribution in [0.5, 0.6) is 0 Å². The first-order valence-electron chi connectivity index (χ1n) is 24.1. The molecule has 4 aromatic rings. The fraction of sp³-hybridized carbons (Fsp3) is 0.423. The van der Waals surface area contributed by atoms with E-state index >= 15 is 0 Å². The molecule has 0 aromatic heterocycles. The minimum atomic E-state index is -0.860. The summed E-state index contributed by atoms with van der Waals surface area (Å²) in [6.45, 7) is 4.72. The van der Waals surface area contributed by atoms with E-state index in [1.165, 1.54) is 0 Å². The van der Waals surface area contributed by atoms with Crippen LogP contribution in [0.2, 0.25) is 0 Å². The van der Waals surface area contributed by atoms with E-state index in [4.69, 9.17) is 18.9 Å². The minimum absolute atomic E-state index is 0.0634. The second-order valence-corrected chi connectivity index (χ2v) is 16.3. The molecule has 8 N–H and O–H groups in total. The van der Waals surface area contributed by atoms with Gasteiger partial charge in [0.05, 0.1) is 0 Å². The third kappa shape index (κ3) is 25.8. The molecule has 6 amide bonds. The number of carbonyl (C=O) groups is 6. The maximum atomic E-state index is 13.1. The van der Waals surface area contributed by atoms with Gasteiger partial charge in [0.25, 0.3) is 0 Å². The van der Waals surface area contributed by atoms with E-state index in [1.54, 1.807) is 0 Å². The van der Waals surface area contributed by atoms with Crippen LogP contribution in [0.4, 0.5) is 19.2 Å². The van der Waals surface area contributed by atoms with Gasteiger partial charge in [-0.15, -0.1) is 0 Å². The van der Waals surface area contributed by atoms with E-state index in [1.807, 2.05) is 121 Å². The molecule has 0 saturated heterocycles. The first-order valence-corrected chi connectivity index (χ1v) is 24.1. The molecule has 0 spiro atoms. The van der Waals surface area contributed by atoms with Crippen molar-refractivity contribution in [1.29, 1.82) is 0 Å². The second kappa shape index (κ2) is 35.0. The molecule has 4 rings (SSSR count). The summed E-state index contributed by atoms with van der Waals surface area (Å²) in [5.74, 6) is -0.679. The summed E-state index contributed by atoms with van der Waals surface area (Å²) in [4.78, 5) is 75.9. The van der Waals surface area contributed by atoms with Gasteiger partial charge in [0, 0.05) is 26.2 Å². The van der Waals surface area contributed by atoms with Crippen molar-refractivity contribution in [2.75, 3.05) is 52.4 Å². The first-order chi connectivity index (χ1) is 34.2. The SMILES string of the molecule is O=C(NCCC[C@@H](NC(=O)OCc1ccccc1)C(=O)NCCCNCCCCNCCCNC(=O)[C@@H](CCCNC(=O)OCc1ccccc1)NC(=O)OCc1ccccc1)OCc1ccccc1. The molecule has 70 heavy (non-hydrogen) atoms. The zero-order chi connectivity index (χ0) is 49.7. The Labute approximate surface area is 411 Å². The van der Waals surface area contributed by atoms with Crippen LogP contribution >= 0.6 is 0 Å². The third-order valence-corrected chi connectivity index (χ3v) is 10.6. The number of nitrogens with one attached hydrogen (secondary N) is 8. The average molecular weight is 967 g/mol. The highest BCUT2D eigenvalue weighted by Gasteiger charge is 2.23. The minimum Gasteiger partial charge on any atom is -0.445 e. The fourth-order valence-electron chi connectivity index (χ4n) is 6.74. The first kappa shape index (κ1) is 55.4. The molecule has 0 unspecified atom stereocenters. The Balaban J connectivity index is 1.04. The van der Waals surface area contributed by atoms with Gasteiger partial charge in [-0.1, -0.05) is 121 Å². The Kier molecular flexibility index (Phi) is 27.7. The van der Waals surface area contributed by atoms with E-state index in [2.05, 4.69) is 42.5 Å². The summed E-state index contributed by atoms with van der Waals surface area (Å²) >= 11 is 0. The number of benzene rings is 4. The van der Waals surface area contributed by atoms with Gasteiger partial charge in [0.15, 0.2) is 0 Å². The van der Waals surface area contributed by atoms with Crippen LogP contribution in [0.25, 0.3) is 0 Å². The summed E-state index contributed by atoms with van der Waals surface area (Å²) in [6.07, 6.45) is 2.06. The molecule has 378 valence electrons. The lowest BCUT2D eigenvalue weighted by Gasteiger charge is -2.19. The normalized spacial score (nSPS) is 11.5. The Hall–Kier alpha value is -7.18. The molecular weight excluding hydrogens is 897 g/mol. The van der Waals surface area contributed by atoms with Crippen LogP contribution in [0.1, 0.15) is 73.6 Å². The van der Waals surface area contributed by atoms with Crippen LogP contribution in [0.15, 0.2) is 121 Å². The highest BCUT2D eigenvalue weighted by atomic mass is 16.6. The number of unbranched alkanes of at least 4 members (excludes halogenated alkanes) is 1. The number of alkyl carbamates (subject to hydrolysis) is 4. The second-order valence-electron chi connectivity index (χ2n) is 16.3. The molecule has 0 fully saturated rings. The van der Waals surface area contributed by atoms with Gasteiger partial charge in [-0.3, -0.25) is 9.59 Å². The van der Waals surface area contributed by atoms with Crippen LogP contribution < -0.4 is 42.5 Å². The third-order valence-electron chi connectivity index (χ3n) is 10.6. The van der Waals surface area contributed by atoms with E-state index in [9.17, 15) is 28.8 Å². The number of amides is 6. The molecule has 0 aliphatic heterocycles. The lowest BCUT2D eigenvalue weighted by atomic mass is 10.1. The molecule has 0 bridgehead atoms. The Morgan fingerprint density at radius 2 is 0.614 bits per heavy atom.